The van der Waals surface area contributed by atoms with Crippen molar-refractivity contribution in [2.75, 3.05) is 39.2 Å². The molecule has 0 aromatic heterocycles. The highest BCUT2D eigenvalue weighted by atomic mass is 32.1. The van der Waals surface area contributed by atoms with E-state index >= 15 is 0 Å². The second-order valence-corrected chi connectivity index (χ2v) is 5.96. The number of ether oxygens (including phenoxy) is 3. The van der Waals surface area contributed by atoms with Crippen molar-refractivity contribution in [1.82, 2.24) is 4.90 Å². The molecule has 7 heteroatoms. The zero-order valence-electron chi connectivity index (χ0n) is 14.3. The van der Waals surface area contributed by atoms with Gasteiger partial charge >= 0.3 is 5.97 Å². The van der Waals surface area contributed by atoms with Crippen LogP contribution >= 0.6 is 12.2 Å². The molecule has 24 heavy (non-hydrogen) atoms. The van der Waals surface area contributed by atoms with Crippen LogP contribution in [0.15, 0.2) is 18.2 Å². The Morgan fingerprint density at radius 2 is 1.96 bits per heavy atom. The van der Waals surface area contributed by atoms with Crippen LogP contribution < -0.4 is 14.8 Å². The molecule has 0 bridgehead atoms. The van der Waals surface area contributed by atoms with E-state index in [0.29, 0.717) is 29.8 Å². The summed E-state index contributed by atoms with van der Waals surface area (Å²) < 4.78 is 15.6. The highest BCUT2D eigenvalue weighted by Crippen LogP contribution is 2.26. The second kappa shape index (κ2) is 8.73. The predicted octanol–water partition coefficient (Wildman–Crippen LogP) is 2.68. The molecule has 0 aliphatic carbocycles. The topological polar surface area (TPSA) is 60.0 Å². The Kier molecular flexibility index (Phi) is 6.66. The van der Waals surface area contributed by atoms with Gasteiger partial charge in [-0.2, -0.15) is 0 Å². The van der Waals surface area contributed by atoms with Crippen LogP contribution in [0, 0.1) is 5.92 Å². The molecule has 1 fully saturated rings. The number of nitrogens with zero attached hydrogens (tertiary/aromatic N) is 1. The predicted molar refractivity (Wildman–Crippen MR) is 96.7 cm³/mol. The first-order chi connectivity index (χ1) is 11.6. The molecule has 1 N–H and O–H groups in total. The number of thiocarbonyl (C=S) groups is 1. The molecule has 0 radical (unpaired) electrons. The first kappa shape index (κ1) is 18.3. The minimum atomic E-state index is -0.145. The summed E-state index contributed by atoms with van der Waals surface area (Å²) in [7, 11) is 3.21. The van der Waals surface area contributed by atoms with Crippen LogP contribution in [0.5, 0.6) is 11.5 Å². The number of benzene rings is 1. The van der Waals surface area contributed by atoms with Crippen LogP contribution in [0.2, 0.25) is 0 Å². The number of hydrogen-bond acceptors (Lipinski definition) is 5. The summed E-state index contributed by atoms with van der Waals surface area (Å²) in [6, 6.07) is 5.50. The number of esters is 1. The molecule has 0 amide bonds. The molecule has 0 unspecified atom stereocenters. The van der Waals surface area contributed by atoms with Crippen LogP contribution in [0.3, 0.4) is 0 Å². The molecule has 1 aromatic carbocycles. The lowest BCUT2D eigenvalue weighted by molar-refractivity contribution is -0.149. The molecule has 0 saturated carbocycles. The average molecular weight is 352 g/mol. The zero-order valence-corrected chi connectivity index (χ0v) is 15.1. The minimum absolute atomic E-state index is 0.127. The van der Waals surface area contributed by atoms with Gasteiger partial charge in [0.05, 0.1) is 26.7 Å². The number of nitrogens with one attached hydrogen (secondary N) is 1. The first-order valence-corrected chi connectivity index (χ1v) is 8.43. The summed E-state index contributed by atoms with van der Waals surface area (Å²) >= 11 is 5.50. The van der Waals surface area contributed by atoms with E-state index in [1.807, 2.05) is 24.0 Å². The highest BCUT2D eigenvalue weighted by molar-refractivity contribution is 7.80. The number of carbonyl (C=O) groups excluding carboxylic acids is 1. The summed E-state index contributed by atoms with van der Waals surface area (Å²) in [6.07, 6.45) is 1.75. The molecule has 1 aliphatic rings. The summed E-state index contributed by atoms with van der Waals surface area (Å²) in [5.41, 5.74) is 0.787. The minimum Gasteiger partial charge on any atom is -0.497 e. The molecule has 6 nitrogen and oxygen atoms in total. The Morgan fingerprint density at radius 3 is 2.54 bits per heavy atom. The first-order valence-electron chi connectivity index (χ1n) is 8.03. The Morgan fingerprint density at radius 1 is 1.29 bits per heavy atom. The van der Waals surface area contributed by atoms with Gasteiger partial charge in [-0.15, -0.1) is 0 Å². The Hall–Kier alpha value is -2.02. The van der Waals surface area contributed by atoms with Gasteiger partial charge in [-0.25, -0.2) is 0 Å². The smallest absolute Gasteiger partial charge is 0.310 e. The molecule has 1 atom stereocenters. The number of anilines is 1. The van der Waals surface area contributed by atoms with Gasteiger partial charge in [-0.05, 0) is 32.0 Å². The lowest BCUT2D eigenvalue weighted by Crippen LogP contribution is -2.44. The van der Waals surface area contributed by atoms with Crippen molar-refractivity contribution in [3.05, 3.63) is 18.2 Å². The standard InChI is InChI=1S/C17H24N2O4S/c1-4-23-16(20)12-6-5-7-19(11-12)17(24)18-13-8-14(21-2)10-15(9-13)22-3/h8-10,12H,4-7,11H2,1-3H3,(H,18,24)/t12-/m1/s1. The van der Waals surface area contributed by atoms with E-state index in [0.717, 1.165) is 25.1 Å². The maximum Gasteiger partial charge on any atom is 0.310 e. The van der Waals surface area contributed by atoms with Gasteiger partial charge in [-0.3, -0.25) is 4.79 Å². The monoisotopic (exact) mass is 352 g/mol. The largest absolute Gasteiger partial charge is 0.497 e. The highest BCUT2D eigenvalue weighted by Gasteiger charge is 2.28. The maximum atomic E-state index is 11.9. The summed E-state index contributed by atoms with van der Waals surface area (Å²) in [6.45, 7) is 3.62. The number of methoxy groups -OCH3 is 2. The SMILES string of the molecule is CCOC(=O)[C@@H]1CCCN(C(=S)Nc2cc(OC)cc(OC)c2)C1. The van der Waals surface area contributed by atoms with E-state index in [4.69, 9.17) is 26.4 Å². The lowest BCUT2D eigenvalue weighted by atomic mass is 9.98. The van der Waals surface area contributed by atoms with Crippen LogP contribution in [0.4, 0.5) is 5.69 Å². The van der Waals surface area contributed by atoms with Gasteiger partial charge in [0.25, 0.3) is 0 Å². The molecule has 0 spiro atoms. The van der Waals surface area contributed by atoms with Crippen LogP contribution in [-0.2, 0) is 9.53 Å². The number of rotatable bonds is 5. The fourth-order valence-electron chi connectivity index (χ4n) is 2.70. The number of carbonyl (C=O) groups is 1. The third-order valence-electron chi connectivity index (χ3n) is 3.93. The van der Waals surface area contributed by atoms with E-state index in [1.165, 1.54) is 0 Å². The van der Waals surface area contributed by atoms with E-state index in [-0.39, 0.29) is 11.9 Å². The molecule has 2 rings (SSSR count). The normalized spacial score (nSPS) is 17.1. The van der Waals surface area contributed by atoms with Crippen molar-refractivity contribution in [1.29, 1.82) is 0 Å². The lowest BCUT2D eigenvalue weighted by Gasteiger charge is -2.33. The van der Waals surface area contributed by atoms with Crippen molar-refractivity contribution in [2.24, 2.45) is 5.92 Å². The van der Waals surface area contributed by atoms with Crippen molar-refractivity contribution >= 4 is 29.0 Å². The van der Waals surface area contributed by atoms with Gasteiger partial charge in [0.2, 0.25) is 0 Å². The van der Waals surface area contributed by atoms with Crippen molar-refractivity contribution < 1.29 is 19.0 Å². The average Bonchev–Trinajstić information content (AvgIpc) is 2.61. The van der Waals surface area contributed by atoms with Gasteiger partial charge in [0.1, 0.15) is 11.5 Å². The quantitative estimate of drug-likeness (QED) is 0.646. The van der Waals surface area contributed by atoms with E-state index in [1.54, 1.807) is 20.3 Å². The fourth-order valence-corrected chi connectivity index (χ4v) is 2.98. The maximum absolute atomic E-state index is 11.9. The molecular weight excluding hydrogens is 328 g/mol. The second-order valence-electron chi connectivity index (χ2n) is 5.57. The summed E-state index contributed by atoms with van der Waals surface area (Å²) in [5, 5.41) is 3.78. The molecule has 1 heterocycles. The van der Waals surface area contributed by atoms with Crippen molar-refractivity contribution in [3.63, 3.8) is 0 Å². The number of piperidine rings is 1. The number of likely N-dealkylation sites (tertiary alicyclic amines) is 1. The summed E-state index contributed by atoms with van der Waals surface area (Å²) in [5.74, 6) is 1.09. The zero-order chi connectivity index (χ0) is 17.5. The van der Waals surface area contributed by atoms with E-state index in [9.17, 15) is 4.79 Å². The Bertz CT molecular complexity index is 572. The summed E-state index contributed by atoms with van der Waals surface area (Å²) in [4.78, 5) is 14.0. The molecular formula is C17H24N2O4S. The van der Waals surface area contributed by atoms with Gasteiger partial charge in [-0.1, -0.05) is 0 Å². The van der Waals surface area contributed by atoms with E-state index in [2.05, 4.69) is 5.32 Å². The fraction of sp³-hybridized carbons (Fsp3) is 0.529. The van der Waals surface area contributed by atoms with Gasteiger partial charge in [0, 0.05) is 37.0 Å². The van der Waals surface area contributed by atoms with Crippen molar-refractivity contribution in [2.45, 2.75) is 19.8 Å². The van der Waals surface area contributed by atoms with Crippen LogP contribution in [0.1, 0.15) is 19.8 Å². The van der Waals surface area contributed by atoms with Crippen molar-refractivity contribution in [3.8, 4) is 11.5 Å². The molecule has 1 aromatic rings. The van der Waals surface area contributed by atoms with E-state index < -0.39 is 0 Å². The van der Waals surface area contributed by atoms with Gasteiger partial charge in [0.15, 0.2) is 5.11 Å². The van der Waals surface area contributed by atoms with Gasteiger partial charge < -0.3 is 24.4 Å². The Balaban J connectivity index is 2.02. The van der Waals surface area contributed by atoms with Crippen LogP contribution in [0.25, 0.3) is 0 Å². The molecule has 1 saturated heterocycles. The molecule has 1 aliphatic heterocycles. The Labute approximate surface area is 148 Å². The van der Waals surface area contributed by atoms with Crippen LogP contribution in [-0.4, -0.2) is 49.9 Å². The third kappa shape index (κ3) is 4.74. The number of hydrogen-bond donors (Lipinski definition) is 1. The third-order valence-corrected chi connectivity index (χ3v) is 4.29. The molecule has 132 valence electrons.